The van der Waals surface area contributed by atoms with E-state index in [4.69, 9.17) is 9.66 Å². The second kappa shape index (κ2) is 6.15. The average Bonchev–Trinajstić information content (AvgIpc) is 1.62. The van der Waals surface area contributed by atoms with Gasteiger partial charge in [0.1, 0.15) is 5.75 Å². The average molecular weight is 289 g/mol. The topological polar surface area (TPSA) is 74.6 Å². The molecule has 0 aromatic rings. The van der Waals surface area contributed by atoms with Gasteiger partial charge in [0.25, 0.3) is 10.1 Å². The fourth-order valence-electron chi connectivity index (χ4n) is 0.288. The molecule has 2 N–H and O–H groups in total. The second-order valence-corrected chi connectivity index (χ2v) is 3.93. The van der Waals surface area contributed by atoms with Crippen molar-refractivity contribution in [2.75, 3.05) is 10.2 Å². The van der Waals surface area contributed by atoms with Crippen molar-refractivity contribution in [3.8, 4) is 0 Å². The zero-order chi connectivity index (χ0) is 7.49. The summed E-state index contributed by atoms with van der Waals surface area (Å²) in [5, 5.41) is 8.65. The van der Waals surface area contributed by atoms with Crippen LogP contribution in [0.1, 0.15) is 0 Å². The van der Waals surface area contributed by atoms with E-state index in [1.807, 2.05) is 22.6 Å². The number of hydrogen-bond acceptors (Lipinski definition) is 3. The number of aliphatic hydroxyl groups is 1. The van der Waals surface area contributed by atoms with E-state index in [0.29, 0.717) is 4.43 Å². The molecule has 1 radical (unpaired) electrons. The van der Waals surface area contributed by atoms with Crippen molar-refractivity contribution in [3.63, 3.8) is 0 Å². The van der Waals surface area contributed by atoms with Crippen LogP contribution in [-0.2, 0) is 10.1 Å². The number of aliphatic hydroxyl groups excluding tert-OH is 1. The fourth-order valence-corrected chi connectivity index (χ4v) is 1.63. The number of halogens is 1. The summed E-state index contributed by atoms with van der Waals surface area (Å²) in [5.41, 5.74) is 0. The van der Waals surface area contributed by atoms with Gasteiger partial charge in [-0.2, -0.15) is 8.42 Å². The van der Waals surface area contributed by atoms with Crippen molar-refractivity contribution < 1.29 is 18.1 Å². The molecule has 0 aliphatic carbocycles. The Hall–Kier alpha value is 1.60. The molecule has 1 unspecified atom stereocenters. The maximum atomic E-state index is 9.99. The molecule has 0 aliphatic rings. The Morgan fingerprint density at radius 1 is 1.50 bits per heavy atom. The summed E-state index contributed by atoms with van der Waals surface area (Å²) in [6.45, 7) is 0. The third kappa shape index (κ3) is 9.60. The molecule has 0 saturated carbocycles. The van der Waals surface area contributed by atoms with Gasteiger partial charge in [0.2, 0.25) is 0 Å². The van der Waals surface area contributed by atoms with Crippen LogP contribution in [0.5, 0.6) is 0 Å². The van der Waals surface area contributed by atoms with Crippen LogP contribution < -0.4 is 0 Å². The van der Waals surface area contributed by atoms with Crippen LogP contribution in [0.2, 0.25) is 0 Å². The molecule has 0 aromatic heterocycles. The van der Waals surface area contributed by atoms with Gasteiger partial charge in [-0.15, -0.1) is 0 Å². The summed E-state index contributed by atoms with van der Waals surface area (Å²) in [6, 6.07) is 0. The molecule has 1 atom stereocenters. The van der Waals surface area contributed by atoms with Gasteiger partial charge in [-0.3, -0.25) is 4.55 Å². The van der Waals surface area contributed by atoms with E-state index in [1.54, 1.807) is 0 Å². The number of hydrogen-bond donors (Lipinski definition) is 2. The van der Waals surface area contributed by atoms with Crippen molar-refractivity contribution in [2.45, 2.75) is 6.10 Å². The molecule has 57 valence electrons. The summed E-state index contributed by atoms with van der Waals surface area (Å²) >= 11 is 1.83. The van der Waals surface area contributed by atoms with Gasteiger partial charge in [-0.25, -0.2) is 0 Å². The van der Waals surface area contributed by atoms with Crippen molar-refractivity contribution in [1.82, 2.24) is 0 Å². The van der Waals surface area contributed by atoms with Crippen LogP contribution in [0.25, 0.3) is 0 Å². The molecule has 0 spiro atoms. The standard InChI is InChI=1S/C3H7IO4S.Na/c4-1-3(5)2-9(6,7)8;/h3,5H,1-2H2,(H,6,7,8);. The van der Waals surface area contributed by atoms with E-state index in [2.05, 4.69) is 0 Å². The van der Waals surface area contributed by atoms with E-state index in [9.17, 15) is 8.42 Å². The van der Waals surface area contributed by atoms with Crippen LogP contribution in [0.15, 0.2) is 0 Å². The number of alkyl halides is 1. The predicted molar refractivity (Wildman–Crippen MR) is 47.1 cm³/mol. The van der Waals surface area contributed by atoms with Gasteiger partial charge in [0.15, 0.2) is 0 Å². The predicted octanol–water partition coefficient (Wildman–Crippen LogP) is -0.711. The molecule has 0 bridgehead atoms. The molecule has 0 aliphatic heterocycles. The summed E-state index contributed by atoms with van der Waals surface area (Å²) in [5.74, 6) is -0.573. The van der Waals surface area contributed by atoms with Gasteiger partial charge in [0, 0.05) is 34.0 Å². The van der Waals surface area contributed by atoms with Crippen molar-refractivity contribution in [2.24, 2.45) is 0 Å². The smallest absolute Gasteiger partial charge is 0.267 e. The molecule has 0 rings (SSSR count). The molecule has 7 heteroatoms. The molecular formula is C3H7INaO4S. The third-order valence-corrected chi connectivity index (χ3v) is 2.40. The van der Waals surface area contributed by atoms with Crippen LogP contribution in [0.3, 0.4) is 0 Å². The zero-order valence-electron chi connectivity index (χ0n) is 5.49. The van der Waals surface area contributed by atoms with Crippen molar-refractivity contribution >= 4 is 62.3 Å². The minimum absolute atomic E-state index is 0. The molecule has 0 amide bonds. The molecule has 0 aromatic carbocycles. The summed E-state index contributed by atoms with van der Waals surface area (Å²) in [4.78, 5) is 0. The molecule has 0 heterocycles. The van der Waals surface area contributed by atoms with Gasteiger partial charge in [0.05, 0.1) is 6.10 Å². The Labute approximate surface area is 95.6 Å². The molecule has 0 fully saturated rings. The first-order valence-corrected chi connectivity index (χ1v) is 5.28. The summed E-state index contributed by atoms with van der Waals surface area (Å²) < 4.78 is 28.4. The molecule has 0 saturated heterocycles. The van der Waals surface area contributed by atoms with Gasteiger partial charge < -0.3 is 5.11 Å². The van der Waals surface area contributed by atoms with E-state index in [1.165, 1.54) is 0 Å². The quantitative estimate of drug-likeness (QED) is 0.311. The van der Waals surface area contributed by atoms with Crippen molar-refractivity contribution in [1.29, 1.82) is 0 Å². The Bertz CT molecular complexity index is 167. The van der Waals surface area contributed by atoms with E-state index < -0.39 is 22.0 Å². The molecule has 10 heavy (non-hydrogen) atoms. The van der Waals surface area contributed by atoms with Crippen LogP contribution in [0.4, 0.5) is 0 Å². The van der Waals surface area contributed by atoms with E-state index in [-0.39, 0.29) is 29.6 Å². The van der Waals surface area contributed by atoms with Crippen molar-refractivity contribution in [3.05, 3.63) is 0 Å². The van der Waals surface area contributed by atoms with Gasteiger partial charge in [-0.1, -0.05) is 22.6 Å². The normalized spacial score (nSPS) is 13.9. The van der Waals surface area contributed by atoms with E-state index in [0.717, 1.165) is 0 Å². The first-order valence-electron chi connectivity index (χ1n) is 2.15. The van der Waals surface area contributed by atoms with Crippen LogP contribution in [-0.4, -0.2) is 63.9 Å². The number of rotatable bonds is 3. The molecular weight excluding hydrogens is 282 g/mol. The zero-order valence-corrected chi connectivity index (χ0v) is 10.5. The largest absolute Gasteiger partial charge is 0.391 e. The second-order valence-electron chi connectivity index (χ2n) is 1.56. The Kier molecular flexibility index (Phi) is 8.70. The first-order chi connectivity index (χ1) is 3.95. The maximum Gasteiger partial charge on any atom is 0.267 e. The SMILES string of the molecule is O=S(=O)(O)CC(O)CI.[Na]. The van der Waals surface area contributed by atoms with Gasteiger partial charge >= 0.3 is 0 Å². The van der Waals surface area contributed by atoms with E-state index >= 15 is 0 Å². The summed E-state index contributed by atoms with van der Waals surface area (Å²) in [6.07, 6.45) is -0.958. The molecule has 4 nitrogen and oxygen atoms in total. The summed E-state index contributed by atoms with van der Waals surface area (Å²) in [7, 11) is -3.99. The Morgan fingerprint density at radius 3 is 2.00 bits per heavy atom. The third-order valence-electron chi connectivity index (χ3n) is 0.581. The fraction of sp³-hybridized carbons (Fsp3) is 1.00. The van der Waals surface area contributed by atoms with Gasteiger partial charge in [-0.05, 0) is 0 Å². The Morgan fingerprint density at radius 2 is 1.90 bits per heavy atom. The Balaban J connectivity index is 0. The first kappa shape index (κ1) is 14.1. The minimum atomic E-state index is -3.99. The van der Waals surface area contributed by atoms with Crippen LogP contribution >= 0.6 is 22.6 Å². The monoisotopic (exact) mass is 289 g/mol. The van der Waals surface area contributed by atoms with Crippen LogP contribution in [0, 0.1) is 0 Å². The maximum absolute atomic E-state index is 9.99. The minimum Gasteiger partial charge on any atom is -0.391 e.